The Morgan fingerprint density at radius 3 is 1.04 bits per heavy atom. The van der Waals surface area contributed by atoms with E-state index in [-0.39, 0.29) is 75.2 Å². The third kappa shape index (κ3) is 19.6. The van der Waals surface area contributed by atoms with Gasteiger partial charge in [0.15, 0.2) is 69.3 Å². The van der Waals surface area contributed by atoms with Gasteiger partial charge in [-0.05, 0) is 168 Å². The molecule has 8 aliphatic heterocycles. The summed E-state index contributed by atoms with van der Waals surface area (Å²) in [4.78, 5) is 92.3. The summed E-state index contributed by atoms with van der Waals surface area (Å²) in [6.07, 6.45) is 6.55. The van der Waals surface area contributed by atoms with E-state index in [1.807, 2.05) is 135 Å². The molecule has 12 unspecified atom stereocenters. The molecule has 0 radical (unpaired) electrons. The quantitative estimate of drug-likeness (QED) is 0.0265. The second-order valence-electron chi connectivity index (χ2n) is 35.7. The van der Waals surface area contributed by atoms with E-state index < -0.39 is 78.5 Å². The smallest absolute Gasteiger partial charge is 0.407 e. The van der Waals surface area contributed by atoms with Crippen LogP contribution in [0.4, 0.5) is 55.6 Å². The molecule has 36 heteroatoms. The lowest BCUT2D eigenvalue weighted by Gasteiger charge is -2.24. The van der Waals surface area contributed by atoms with Crippen LogP contribution in [0.1, 0.15) is 160 Å². The van der Waals surface area contributed by atoms with Crippen LogP contribution in [0.15, 0.2) is 214 Å². The van der Waals surface area contributed by atoms with E-state index in [4.69, 9.17) is 53.1 Å². The predicted molar refractivity (Wildman–Crippen MR) is 514 cm³/mol. The Morgan fingerprint density at radius 2 is 0.712 bits per heavy atom. The zero-order valence-electron chi connectivity index (χ0n) is 76.9. The lowest BCUT2D eigenvalue weighted by molar-refractivity contribution is -0.0459. The van der Waals surface area contributed by atoms with E-state index in [1.54, 1.807) is 12.4 Å². The number of hydrogen-bond donors (Lipinski definition) is 12. The molecule has 12 aromatic rings. The molecule has 12 heterocycles. The average Bonchev–Trinajstić information content (AvgIpc) is 1.65. The number of rotatable bonds is 23. The van der Waals surface area contributed by atoms with Crippen LogP contribution in [-0.2, 0) is 47.7 Å². The molecule has 2 aliphatic carbocycles. The molecule has 0 saturated carbocycles. The number of nitrogens with two attached hydrogens (primary N) is 1. The lowest BCUT2D eigenvalue weighted by Crippen LogP contribution is -2.29. The van der Waals surface area contributed by atoms with E-state index in [9.17, 15) is 54.3 Å². The maximum Gasteiger partial charge on any atom is 0.407 e. The fourth-order valence-electron chi connectivity index (χ4n) is 19.6. The number of nitrogens with zero attached hydrogens (tertiary/aromatic N) is 8. The van der Waals surface area contributed by atoms with Gasteiger partial charge in [-0.25, -0.2) is 28.8 Å². The number of benzene rings is 8. The predicted octanol–water partition coefficient (Wildman–Crippen LogP) is 14.2. The Bertz CT molecular complexity index is 6500. The third-order valence-electron chi connectivity index (χ3n) is 26.8. The van der Waals surface area contributed by atoms with E-state index in [0.29, 0.717) is 133 Å². The van der Waals surface area contributed by atoms with Crippen LogP contribution in [0.3, 0.4) is 0 Å². The highest BCUT2D eigenvalue weighted by Crippen LogP contribution is 2.51. The van der Waals surface area contributed by atoms with Crippen LogP contribution >= 0.6 is 0 Å². The van der Waals surface area contributed by atoms with Crippen LogP contribution < -0.4 is 79.3 Å². The molecule has 13 N–H and O–H groups in total. The Kier molecular flexibility index (Phi) is 27.8. The van der Waals surface area contributed by atoms with Crippen molar-refractivity contribution in [2.24, 2.45) is 11.7 Å². The van der Waals surface area contributed by atoms with E-state index >= 15 is 0 Å². The van der Waals surface area contributed by atoms with Gasteiger partial charge in [0.1, 0.15) is 50.3 Å². The van der Waals surface area contributed by atoms with Gasteiger partial charge < -0.3 is 111 Å². The standard InChI is InChI=1S/C35H36N4O5.C34H34N4O6.C18H22N4O5.C16H17N3O5/c1-3-28-21(2)18-31(44-28)39-19-30-33(38-34(39)40)37-32-22(10-8-16-29(32)43-30)11-9-17-36-35(41)42-20-27-25-14-6-4-12-23(25)24-13-5-7-15-26(24)27;1-2-27-26(39)17-30(44-27)38-18-29-32(37-33(38)40)36-31-20(9-7-15-28(31)43-29)10-8-16-35-34(41)42-19-25-23-13-5-3-11-21(23)22-12-4-6-14-24(22)25;19-6-2-4-10-3-1-5-12-16(10)20-17-13(26-12)8-22(18(25)21-17)15-7-11(24)14(9-23)27-15;1-8-3-2-4-10-14(8)17-15-11(23-10)6-19(16(22)18-15)13-5-9(21)12(7-20)24-13/h4-8,10,12-16,19,21,27-28,31H,3,9,11,17-18,20H2,1-2H3,(H,36,41)(H,37,38,40);3-7,9,11-15,18,25-27,30,39H,2,8,10,16-17,19H2,1H3,(H,35,41)(H,36,37,40);1,3,5,8,11,14-15,23-24H,2,4,6-7,9,19H2,(H,20,21,25);2-4,6,9,12-13,20-21H,5,7H2,1H3,(H,17,18,22). The number of carbonyl (C=O) groups excluding carboxylic acids is 2. The number of aliphatic hydroxyl groups is 5. The molecule has 22 rings (SSSR count). The molecule has 4 saturated heterocycles. The summed E-state index contributed by atoms with van der Waals surface area (Å²) in [5.41, 5.74) is 20.3. The second-order valence-corrected chi connectivity index (χ2v) is 35.7. The number of amides is 2. The third-order valence-corrected chi connectivity index (χ3v) is 26.8. The summed E-state index contributed by atoms with van der Waals surface area (Å²) in [5, 5.41) is 67.0. The number of aromatic nitrogens is 8. The number of ether oxygens (including phenoxy) is 10. The van der Waals surface area contributed by atoms with Gasteiger partial charge in [0.2, 0.25) is 0 Å². The lowest BCUT2D eigenvalue weighted by atomic mass is 9.98. The average molecular weight is 1890 g/mol. The van der Waals surface area contributed by atoms with Crippen LogP contribution in [0, 0.1) is 12.8 Å². The van der Waals surface area contributed by atoms with E-state index in [1.165, 1.54) is 75.2 Å². The van der Waals surface area contributed by atoms with Crippen molar-refractivity contribution in [1.82, 2.24) is 48.8 Å². The first kappa shape index (κ1) is 93.8. The summed E-state index contributed by atoms with van der Waals surface area (Å²) < 4.78 is 64.0. The molecular weight excluding hydrogens is 1780 g/mol. The Hall–Kier alpha value is -14.2. The van der Waals surface area contributed by atoms with Gasteiger partial charge >= 0.3 is 34.9 Å². The Labute approximate surface area is 798 Å². The summed E-state index contributed by atoms with van der Waals surface area (Å²) in [6, 6.07) is 56.0. The van der Waals surface area contributed by atoms with Gasteiger partial charge in [0.25, 0.3) is 0 Å². The first-order valence-corrected chi connectivity index (χ1v) is 47.2. The van der Waals surface area contributed by atoms with Crippen molar-refractivity contribution in [1.29, 1.82) is 0 Å². The first-order chi connectivity index (χ1) is 67.7. The minimum absolute atomic E-state index is 0.0150. The molecule has 12 atom stereocenters. The van der Waals surface area contributed by atoms with Gasteiger partial charge in [-0.1, -0.05) is 166 Å². The summed E-state index contributed by atoms with van der Waals surface area (Å²) in [6.45, 7) is 9.52. The van der Waals surface area contributed by atoms with Gasteiger partial charge in [0, 0.05) is 44.2 Å². The number of aliphatic hydroxyl groups excluding tert-OH is 5. The summed E-state index contributed by atoms with van der Waals surface area (Å²) in [5.74, 6) is 6.07. The Balaban J connectivity index is 0.000000122. The van der Waals surface area contributed by atoms with Crippen LogP contribution in [0.5, 0.6) is 46.0 Å². The summed E-state index contributed by atoms with van der Waals surface area (Å²) in [7, 11) is 0. The topological polar surface area (TPSA) is 465 Å². The highest BCUT2D eigenvalue weighted by Gasteiger charge is 2.42. The number of carbonyl (C=O) groups is 2. The number of fused-ring (bicyclic) bond motifs is 14. The minimum atomic E-state index is -0.840. The first-order valence-electron chi connectivity index (χ1n) is 47.2. The number of anilines is 8. The monoisotopic (exact) mass is 1890 g/mol. The number of nitrogens with one attached hydrogen (secondary N) is 6. The van der Waals surface area contributed by atoms with Crippen molar-refractivity contribution in [3.63, 3.8) is 0 Å². The molecular formula is C103H109N15O21. The highest BCUT2D eigenvalue weighted by atomic mass is 16.6. The zero-order chi connectivity index (χ0) is 96.2. The van der Waals surface area contributed by atoms with Crippen molar-refractivity contribution < 1.29 is 82.5 Å². The molecule has 4 fully saturated rings. The number of aryl methyl sites for hydroxylation is 4. The molecule has 139 heavy (non-hydrogen) atoms. The maximum absolute atomic E-state index is 12.9. The van der Waals surface area contributed by atoms with Crippen molar-refractivity contribution >= 4 is 58.2 Å². The minimum Gasteiger partial charge on any atom is -0.450 e. The second kappa shape index (κ2) is 41.2. The fourth-order valence-corrected chi connectivity index (χ4v) is 19.6. The highest BCUT2D eigenvalue weighted by molar-refractivity contribution is 5.83. The van der Waals surface area contributed by atoms with Crippen molar-refractivity contribution in [2.75, 3.05) is 67.3 Å². The largest absolute Gasteiger partial charge is 0.450 e. The van der Waals surface area contributed by atoms with E-state index in [0.717, 1.165) is 70.7 Å². The van der Waals surface area contributed by atoms with Gasteiger partial charge in [0.05, 0.1) is 91.3 Å². The van der Waals surface area contributed by atoms with Gasteiger partial charge in [-0.3, -0.25) is 18.3 Å². The van der Waals surface area contributed by atoms with Gasteiger partial charge in [-0.15, -0.1) is 0 Å². The zero-order valence-corrected chi connectivity index (χ0v) is 76.9. The normalized spacial score (nSPS) is 21.2. The van der Waals surface area contributed by atoms with Crippen molar-refractivity contribution in [2.45, 2.75) is 184 Å². The molecule has 8 aromatic carbocycles. The van der Waals surface area contributed by atoms with Crippen molar-refractivity contribution in [3.05, 3.63) is 281 Å². The fraction of sp³-hybridized carbons (Fsp3) is 0.359. The van der Waals surface area contributed by atoms with Crippen LogP contribution in [0.25, 0.3) is 22.3 Å². The van der Waals surface area contributed by atoms with Crippen molar-refractivity contribution in [3.8, 4) is 68.2 Å². The molecule has 722 valence electrons. The van der Waals surface area contributed by atoms with Crippen LogP contribution in [0.2, 0.25) is 0 Å². The van der Waals surface area contributed by atoms with Gasteiger partial charge in [-0.2, -0.15) is 19.9 Å². The molecule has 10 aliphatic rings. The number of para-hydroxylation sites is 4. The Morgan fingerprint density at radius 1 is 0.403 bits per heavy atom. The molecule has 0 spiro atoms. The number of alkyl carbamates (subject to hydrolysis) is 2. The van der Waals surface area contributed by atoms with E-state index in [2.05, 4.69) is 114 Å². The number of hydrogen-bond acceptors (Lipinski definition) is 30. The molecule has 0 bridgehead atoms. The SMILES string of the molecule is CCC1OC(n2cc3c(nc2=O)Nc2c(CCCNC(=O)OCC4c5ccccc5-c5ccccc54)cccc2O3)CC1C.CCC1OC(n2cc3c(nc2=O)Nc2c(CCCNC(=O)OCC4c5ccccc5-c5ccccc54)cccc2O3)CC1O.Cc1cccc2c1Nc1nc(=O)n(C3CC(O)C(CO)O3)cc1O2.NCCCc1cccc2c1Nc1nc(=O)n(C3CC(O)C(CO)O3)cc1O2. The maximum atomic E-state index is 12.9. The summed E-state index contributed by atoms with van der Waals surface area (Å²) >= 11 is 0. The molecule has 2 amide bonds. The van der Waals surface area contributed by atoms with Crippen LogP contribution in [-0.4, -0.2) is 165 Å². The molecule has 36 nitrogen and oxygen atoms in total. The molecule has 4 aromatic heterocycles.